The molecule has 0 radical (unpaired) electrons. The van der Waals surface area contributed by atoms with Crippen molar-refractivity contribution in [2.75, 3.05) is 4.90 Å². The summed E-state index contributed by atoms with van der Waals surface area (Å²) in [6.45, 7) is 13.1. The fourth-order valence-corrected chi connectivity index (χ4v) is 3.13. The predicted octanol–water partition coefficient (Wildman–Crippen LogP) is 7.01. The maximum Gasteiger partial charge on any atom is 0.0493 e. The van der Waals surface area contributed by atoms with Crippen LogP contribution < -0.4 is 4.90 Å². The molecule has 0 fully saturated rings. The van der Waals surface area contributed by atoms with Crippen LogP contribution in [-0.4, -0.2) is 0 Å². The first-order valence-electron chi connectivity index (χ1n) is 8.89. The molecule has 3 aromatic carbocycles. The van der Waals surface area contributed by atoms with Crippen LogP contribution in [0.2, 0.25) is 0 Å². The molecule has 0 aliphatic carbocycles. The van der Waals surface area contributed by atoms with Gasteiger partial charge in [0.05, 0.1) is 0 Å². The van der Waals surface area contributed by atoms with Crippen LogP contribution in [0.5, 0.6) is 0 Å². The van der Waals surface area contributed by atoms with E-state index >= 15 is 0 Å². The second kappa shape index (κ2) is 6.76. The largest absolute Gasteiger partial charge is 0.310 e. The first kappa shape index (κ1) is 17.3. The molecule has 0 atom stereocenters. The lowest BCUT2D eigenvalue weighted by atomic mass is 10.0. The van der Waals surface area contributed by atoms with Crippen LogP contribution >= 0.6 is 0 Å². The summed E-state index contributed by atoms with van der Waals surface area (Å²) in [5.41, 5.74) is 11.6. The Morgan fingerprint density at radius 1 is 0.520 bits per heavy atom. The van der Waals surface area contributed by atoms with Gasteiger partial charge in [-0.2, -0.15) is 0 Å². The normalized spacial score (nSPS) is 10.8. The molecule has 0 saturated carbocycles. The van der Waals surface area contributed by atoms with Crippen molar-refractivity contribution in [3.63, 3.8) is 0 Å². The summed E-state index contributed by atoms with van der Waals surface area (Å²) >= 11 is 0. The van der Waals surface area contributed by atoms with Crippen LogP contribution in [0.4, 0.5) is 17.1 Å². The summed E-state index contributed by atoms with van der Waals surface area (Å²) in [4.78, 5) is 2.38. The molecule has 0 N–H and O–H groups in total. The maximum absolute atomic E-state index is 2.38. The van der Waals surface area contributed by atoms with Crippen LogP contribution in [0.1, 0.15) is 33.4 Å². The minimum atomic E-state index is 1.21. The van der Waals surface area contributed by atoms with Gasteiger partial charge in [0, 0.05) is 17.1 Å². The first-order chi connectivity index (χ1) is 11.9. The Labute approximate surface area is 151 Å². The summed E-state index contributed by atoms with van der Waals surface area (Å²) in [7, 11) is 0. The molecule has 3 aromatic rings. The Balaban J connectivity index is 2.25. The van der Waals surface area contributed by atoms with E-state index in [9.17, 15) is 0 Å². The molecule has 0 bridgehead atoms. The smallest absolute Gasteiger partial charge is 0.0493 e. The molecule has 1 heteroatoms. The molecular weight excluding hydrogens is 302 g/mol. The topological polar surface area (TPSA) is 3.24 Å². The molecule has 0 aliphatic rings. The molecule has 0 aromatic heterocycles. The maximum atomic E-state index is 2.38. The predicted molar refractivity (Wildman–Crippen MR) is 110 cm³/mol. The van der Waals surface area contributed by atoms with Crippen molar-refractivity contribution >= 4 is 17.1 Å². The van der Waals surface area contributed by atoms with E-state index in [1.807, 2.05) is 0 Å². The minimum absolute atomic E-state index is 1.21. The monoisotopic (exact) mass is 329 g/mol. The third-order valence-corrected chi connectivity index (χ3v) is 5.31. The lowest BCUT2D eigenvalue weighted by Gasteiger charge is -2.28. The Hall–Kier alpha value is -2.54. The average molecular weight is 329 g/mol. The fourth-order valence-electron chi connectivity index (χ4n) is 3.13. The van der Waals surface area contributed by atoms with Crippen LogP contribution in [0.25, 0.3) is 0 Å². The number of aryl methyl sites for hydroxylation is 5. The van der Waals surface area contributed by atoms with E-state index < -0.39 is 0 Å². The molecule has 128 valence electrons. The molecule has 1 nitrogen and oxygen atoms in total. The quantitative estimate of drug-likeness (QED) is 0.499. The molecule has 0 amide bonds. The molecule has 0 aliphatic heterocycles. The van der Waals surface area contributed by atoms with Crippen molar-refractivity contribution in [2.45, 2.75) is 41.5 Å². The van der Waals surface area contributed by atoms with Crippen molar-refractivity contribution in [3.05, 3.63) is 88.0 Å². The van der Waals surface area contributed by atoms with Crippen molar-refractivity contribution in [3.8, 4) is 0 Å². The third-order valence-electron chi connectivity index (χ3n) is 5.31. The van der Waals surface area contributed by atoms with Gasteiger partial charge in [0.2, 0.25) is 0 Å². The van der Waals surface area contributed by atoms with Gasteiger partial charge in [-0.05, 0) is 105 Å². The minimum Gasteiger partial charge on any atom is -0.310 e. The lowest BCUT2D eigenvalue weighted by Crippen LogP contribution is -2.12. The van der Waals surface area contributed by atoms with Gasteiger partial charge in [-0.15, -0.1) is 0 Å². The van der Waals surface area contributed by atoms with E-state index in [1.54, 1.807) is 0 Å². The summed E-state index contributed by atoms with van der Waals surface area (Å²) in [5.74, 6) is 0. The van der Waals surface area contributed by atoms with Gasteiger partial charge in [0.15, 0.2) is 0 Å². The van der Waals surface area contributed by atoms with E-state index in [2.05, 4.69) is 101 Å². The van der Waals surface area contributed by atoms with Crippen LogP contribution in [0, 0.1) is 41.5 Å². The summed E-state index contributed by atoms with van der Waals surface area (Å²) in [6.07, 6.45) is 0. The van der Waals surface area contributed by atoms with Crippen molar-refractivity contribution < 1.29 is 0 Å². The number of benzene rings is 3. The highest BCUT2D eigenvalue weighted by Crippen LogP contribution is 2.38. The molecule has 0 spiro atoms. The molecular formula is C24H27N. The number of hydrogen-bond acceptors (Lipinski definition) is 1. The van der Waals surface area contributed by atoms with Gasteiger partial charge in [-0.3, -0.25) is 0 Å². The second-order valence-corrected chi connectivity index (χ2v) is 7.09. The zero-order valence-corrected chi connectivity index (χ0v) is 16.1. The van der Waals surface area contributed by atoms with Crippen LogP contribution in [-0.2, 0) is 0 Å². The van der Waals surface area contributed by atoms with E-state index in [0.717, 1.165) is 0 Å². The molecule has 0 saturated heterocycles. The number of hydrogen-bond donors (Lipinski definition) is 0. The SMILES string of the molecule is Cc1ccc(N(c2ccc(C)c(C)c2)c2cccc(C)c2C)cc1C. The van der Waals surface area contributed by atoms with Gasteiger partial charge in [-0.1, -0.05) is 24.3 Å². The van der Waals surface area contributed by atoms with E-state index in [4.69, 9.17) is 0 Å². The van der Waals surface area contributed by atoms with Gasteiger partial charge in [0.25, 0.3) is 0 Å². The second-order valence-electron chi connectivity index (χ2n) is 7.09. The zero-order valence-electron chi connectivity index (χ0n) is 16.1. The summed E-state index contributed by atoms with van der Waals surface area (Å²) in [6, 6.07) is 20.0. The zero-order chi connectivity index (χ0) is 18.1. The lowest BCUT2D eigenvalue weighted by molar-refractivity contribution is 1.20. The third kappa shape index (κ3) is 3.32. The van der Waals surface area contributed by atoms with Gasteiger partial charge >= 0.3 is 0 Å². The highest BCUT2D eigenvalue weighted by molar-refractivity contribution is 5.79. The fraction of sp³-hybridized carbons (Fsp3) is 0.250. The number of rotatable bonds is 3. The van der Waals surface area contributed by atoms with Gasteiger partial charge < -0.3 is 4.90 Å². The van der Waals surface area contributed by atoms with Crippen LogP contribution in [0.3, 0.4) is 0 Å². The Morgan fingerprint density at radius 2 is 1.04 bits per heavy atom. The Kier molecular flexibility index (Phi) is 4.67. The van der Waals surface area contributed by atoms with E-state index in [-0.39, 0.29) is 0 Å². The summed E-state index contributed by atoms with van der Waals surface area (Å²) in [5, 5.41) is 0. The van der Waals surface area contributed by atoms with Crippen molar-refractivity contribution in [1.29, 1.82) is 0 Å². The van der Waals surface area contributed by atoms with E-state index in [1.165, 1.54) is 50.4 Å². The van der Waals surface area contributed by atoms with E-state index in [0.29, 0.717) is 0 Å². The first-order valence-corrected chi connectivity index (χ1v) is 8.89. The number of anilines is 3. The standard InChI is InChI=1S/C24H27N/c1-16-10-12-22(14-19(16)4)25(23-13-11-17(2)20(5)15-23)24-9-7-8-18(3)21(24)6/h7-15H,1-6H3. The average Bonchev–Trinajstić information content (AvgIpc) is 2.58. The molecule has 0 heterocycles. The van der Waals surface area contributed by atoms with Gasteiger partial charge in [0.1, 0.15) is 0 Å². The molecule has 3 rings (SSSR count). The Bertz CT molecular complexity index is 870. The Morgan fingerprint density at radius 3 is 1.52 bits per heavy atom. The van der Waals surface area contributed by atoms with Gasteiger partial charge in [-0.25, -0.2) is 0 Å². The highest BCUT2D eigenvalue weighted by Gasteiger charge is 2.16. The number of nitrogens with zero attached hydrogens (tertiary/aromatic N) is 1. The van der Waals surface area contributed by atoms with Crippen molar-refractivity contribution in [2.24, 2.45) is 0 Å². The van der Waals surface area contributed by atoms with Crippen LogP contribution in [0.15, 0.2) is 54.6 Å². The molecule has 25 heavy (non-hydrogen) atoms. The highest BCUT2D eigenvalue weighted by atomic mass is 15.1. The summed E-state index contributed by atoms with van der Waals surface area (Å²) < 4.78 is 0. The van der Waals surface area contributed by atoms with Crippen molar-refractivity contribution in [1.82, 2.24) is 0 Å². The molecule has 0 unspecified atom stereocenters.